The number of halogens is 1. The molecule has 1 amide bonds. The Morgan fingerprint density at radius 3 is 2.64 bits per heavy atom. The number of amides is 1. The minimum Gasteiger partial charge on any atom is -0.486 e. The lowest BCUT2D eigenvalue weighted by atomic mass is 10.1. The van der Waals surface area contributed by atoms with E-state index in [1.54, 1.807) is 4.90 Å². The first-order chi connectivity index (χ1) is 13.3. The summed E-state index contributed by atoms with van der Waals surface area (Å²) in [5.74, 6) is 0.987. The molecular formula is C18H21ClN2O5S2. The summed E-state index contributed by atoms with van der Waals surface area (Å²) in [6.45, 7) is 3.26. The van der Waals surface area contributed by atoms with Gasteiger partial charge < -0.3 is 14.4 Å². The van der Waals surface area contributed by atoms with Crippen LogP contribution in [-0.4, -0.2) is 56.9 Å². The molecule has 3 rings (SSSR count). The van der Waals surface area contributed by atoms with Crippen LogP contribution in [0.5, 0.6) is 11.5 Å². The Bertz CT molecular complexity index is 961. The van der Waals surface area contributed by atoms with E-state index in [9.17, 15) is 13.2 Å². The van der Waals surface area contributed by atoms with Gasteiger partial charge in [0.1, 0.15) is 17.4 Å². The molecule has 0 N–H and O–H groups in total. The van der Waals surface area contributed by atoms with Gasteiger partial charge >= 0.3 is 0 Å². The average Bonchev–Trinajstić information content (AvgIpc) is 3.13. The molecule has 0 fully saturated rings. The first-order valence-electron chi connectivity index (χ1n) is 8.70. The van der Waals surface area contributed by atoms with Gasteiger partial charge in [0.05, 0.1) is 10.9 Å². The Morgan fingerprint density at radius 1 is 1.21 bits per heavy atom. The Hall–Kier alpha value is -1.81. The molecule has 0 saturated heterocycles. The van der Waals surface area contributed by atoms with Crippen molar-refractivity contribution in [3.05, 3.63) is 40.2 Å². The number of carbonyl (C=O) groups excluding carboxylic acids is 1. The SMILES string of the molecule is CCN(Cc1cccc2c1OCCO2)C(=O)CN(C)S(=O)(=O)c1ccc(Cl)s1. The van der Waals surface area contributed by atoms with E-state index >= 15 is 0 Å². The second-order valence-electron chi connectivity index (χ2n) is 6.17. The highest BCUT2D eigenvalue weighted by Crippen LogP contribution is 2.34. The highest BCUT2D eigenvalue weighted by atomic mass is 35.5. The van der Waals surface area contributed by atoms with E-state index in [0.29, 0.717) is 42.1 Å². The van der Waals surface area contributed by atoms with Gasteiger partial charge in [-0.1, -0.05) is 23.7 Å². The van der Waals surface area contributed by atoms with Crippen molar-refractivity contribution in [3.8, 4) is 11.5 Å². The Balaban J connectivity index is 1.72. The van der Waals surface area contributed by atoms with Gasteiger partial charge in [-0.15, -0.1) is 11.3 Å². The summed E-state index contributed by atoms with van der Waals surface area (Å²) in [5.41, 5.74) is 0.822. The number of para-hydroxylation sites is 1. The first-order valence-corrected chi connectivity index (χ1v) is 11.3. The predicted octanol–water partition coefficient (Wildman–Crippen LogP) is 2.84. The quantitative estimate of drug-likeness (QED) is 0.656. The zero-order chi connectivity index (χ0) is 20.3. The first kappa shape index (κ1) is 20.9. The summed E-state index contributed by atoms with van der Waals surface area (Å²) in [7, 11) is -2.38. The zero-order valence-electron chi connectivity index (χ0n) is 15.6. The highest BCUT2D eigenvalue weighted by Gasteiger charge is 2.27. The van der Waals surface area contributed by atoms with Crippen molar-refractivity contribution in [1.29, 1.82) is 0 Å². The molecule has 0 saturated carbocycles. The van der Waals surface area contributed by atoms with Crippen LogP contribution in [0.25, 0.3) is 0 Å². The number of ether oxygens (including phenoxy) is 2. The maximum absolute atomic E-state index is 12.8. The van der Waals surface area contributed by atoms with Crippen molar-refractivity contribution in [1.82, 2.24) is 9.21 Å². The molecule has 0 unspecified atom stereocenters. The summed E-state index contributed by atoms with van der Waals surface area (Å²) in [6, 6.07) is 8.50. The Labute approximate surface area is 173 Å². The van der Waals surface area contributed by atoms with Gasteiger partial charge in [0.2, 0.25) is 5.91 Å². The molecule has 0 spiro atoms. The van der Waals surface area contributed by atoms with Crippen molar-refractivity contribution in [2.75, 3.05) is 33.4 Å². The van der Waals surface area contributed by atoms with E-state index in [1.165, 1.54) is 19.2 Å². The van der Waals surface area contributed by atoms with E-state index < -0.39 is 10.0 Å². The number of sulfonamides is 1. The van der Waals surface area contributed by atoms with Crippen LogP contribution in [0.3, 0.4) is 0 Å². The van der Waals surface area contributed by atoms with Crippen LogP contribution in [0.15, 0.2) is 34.5 Å². The molecule has 10 heteroatoms. The lowest BCUT2D eigenvalue weighted by molar-refractivity contribution is -0.131. The number of likely N-dealkylation sites (N-methyl/N-ethyl adjacent to an activating group) is 2. The minimum absolute atomic E-state index is 0.110. The molecule has 2 heterocycles. The normalized spacial score (nSPS) is 13.6. The van der Waals surface area contributed by atoms with Crippen LogP contribution in [0.4, 0.5) is 0 Å². The molecule has 0 aliphatic carbocycles. The summed E-state index contributed by atoms with van der Waals surface area (Å²) in [6.07, 6.45) is 0. The number of benzene rings is 1. The van der Waals surface area contributed by atoms with Gasteiger partial charge in [-0.3, -0.25) is 4.79 Å². The number of hydrogen-bond acceptors (Lipinski definition) is 6. The van der Waals surface area contributed by atoms with Gasteiger partial charge in [0, 0.05) is 25.7 Å². The van der Waals surface area contributed by atoms with E-state index in [0.717, 1.165) is 21.2 Å². The molecule has 0 bridgehead atoms. The summed E-state index contributed by atoms with van der Waals surface area (Å²) in [4.78, 5) is 14.3. The number of hydrogen-bond donors (Lipinski definition) is 0. The van der Waals surface area contributed by atoms with Crippen LogP contribution in [0.2, 0.25) is 4.34 Å². The largest absolute Gasteiger partial charge is 0.486 e. The number of thiophene rings is 1. The van der Waals surface area contributed by atoms with Gasteiger partial charge in [0.25, 0.3) is 10.0 Å². The third-order valence-corrected chi connectivity index (χ3v) is 7.82. The molecule has 0 radical (unpaired) electrons. The summed E-state index contributed by atoms with van der Waals surface area (Å²) < 4.78 is 38.0. The van der Waals surface area contributed by atoms with Gasteiger partial charge in [-0.05, 0) is 25.1 Å². The molecule has 1 aliphatic heterocycles. The molecule has 0 atom stereocenters. The molecule has 2 aromatic rings. The molecule has 1 aliphatic rings. The van der Waals surface area contributed by atoms with Crippen LogP contribution in [-0.2, 0) is 21.4 Å². The fourth-order valence-corrected chi connectivity index (χ4v) is 5.62. The fraction of sp³-hybridized carbons (Fsp3) is 0.389. The van der Waals surface area contributed by atoms with E-state index in [2.05, 4.69) is 0 Å². The molecule has 1 aromatic carbocycles. The van der Waals surface area contributed by atoms with Crippen molar-refractivity contribution in [3.63, 3.8) is 0 Å². The summed E-state index contributed by atoms with van der Waals surface area (Å²) in [5, 5.41) is 0. The summed E-state index contributed by atoms with van der Waals surface area (Å²) >= 11 is 6.80. The third-order valence-electron chi connectivity index (χ3n) is 4.31. The lowest BCUT2D eigenvalue weighted by Crippen LogP contribution is -2.40. The molecule has 152 valence electrons. The van der Waals surface area contributed by atoms with Crippen molar-refractivity contribution in [2.45, 2.75) is 17.7 Å². The number of nitrogens with zero attached hydrogens (tertiary/aromatic N) is 2. The maximum atomic E-state index is 12.8. The van der Waals surface area contributed by atoms with Crippen LogP contribution in [0.1, 0.15) is 12.5 Å². The van der Waals surface area contributed by atoms with E-state index in [-0.39, 0.29) is 16.7 Å². The van der Waals surface area contributed by atoms with Crippen molar-refractivity contribution >= 4 is 38.9 Å². The number of fused-ring (bicyclic) bond motifs is 1. The fourth-order valence-electron chi connectivity index (χ4n) is 2.81. The van der Waals surface area contributed by atoms with Crippen LogP contribution in [0, 0.1) is 0 Å². The minimum atomic E-state index is -3.77. The average molecular weight is 445 g/mol. The van der Waals surface area contributed by atoms with Crippen LogP contribution >= 0.6 is 22.9 Å². The third kappa shape index (κ3) is 4.43. The van der Waals surface area contributed by atoms with Crippen molar-refractivity contribution < 1.29 is 22.7 Å². The second-order valence-corrected chi connectivity index (χ2v) is 10.2. The second kappa shape index (κ2) is 8.69. The lowest BCUT2D eigenvalue weighted by Gasteiger charge is -2.26. The van der Waals surface area contributed by atoms with Gasteiger partial charge in [0.15, 0.2) is 11.5 Å². The number of rotatable bonds is 7. The number of carbonyl (C=O) groups is 1. The zero-order valence-corrected chi connectivity index (χ0v) is 17.9. The smallest absolute Gasteiger partial charge is 0.252 e. The molecule has 28 heavy (non-hydrogen) atoms. The Kier molecular flexibility index (Phi) is 6.49. The standard InChI is InChI=1S/C18H21ClN2O5S2/c1-3-21(11-13-5-4-6-14-18(13)26-10-9-25-14)16(22)12-20(2)28(23,24)17-8-7-15(19)27-17/h4-8H,3,9-12H2,1-2H3. The topological polar surface area (TPSA) is 76.2 Å². The van der Waals surface area contributed by atoms with Crippen LogP contribution < -0.4 is 9.47 Å². The van der Waals surface area contributed by atoms with E-state index in [1.807, 2.05) is 25.1 Å². The van der Waals surface area contributed by atoms with Crippen molar-refractivity contribution in [2.24, 2.45) is 0 Å². The molecular weight excluding hydrogens is 424 g/mol. The monoisotopic (exact) mass is 444 g/mol. The van der Waals surface area contributed by atoms with Gasteiger partial charge in [-0.25, -0.2) is 8.42 Å². The predicted molar refractivity (Wildman–Crippen MR) is 108 cm³/mol. The maximum Gasteiger partial charge on any atom is 0.252 e. The highest BCUT2D eigenvalue weighted by molar-refractivity contribution is 7.91. The Morgan fingerprint density at radius 2 is 1.96 bits per heavy atom. The molecule has 1 aromatic heterocycles. The van der Waals surface area contributed by atoms with Gasteiger partial charge in [-0.2, -0.15) is 4.31 Å². The molecule has 7 nitrogen and oxygen atoms in total. The van der Waals surface area contributed by atoms with E-state index in [4.69, 9.17) is 21.1 Å².